The third-order valence-electron chi connectivity index (χ3n) is 2.89. The molecule has 0 aliphatic rings. The minimum Gasteiger partial charge on any atom is -0.370 e. The second kappa shape index (κ2) is 5.85. The van der Waals surface area contributed by atoms with Crippen LogP contribution >= 0.6 is 11.6 Å². The van der Waals surface area contributed by atoms with Crippen molar-refractivity contribution in [2.45, 2.75) is 6.54 Å². The highest BCUT2D eigenvalue weighted by atomic mass is 35.5. The molecule has 19 heavy (non-hydrogen) atoms. The Morgan fingerprint density at radius 3 is 2.68 bits per heavy atom. The number of rotatable bonds is 4. The predicted molar refractivity (Wildman–Crippen MR) is 75.3 cm³/mol. The molecule has 0 aromatic heterocycles. The van der Waals surface area contributed by atoms with E-state index in [0.717, 1.165) is 5.56 Å². The van der Waals surface area contributed by atoms with Crippen LogP contribution in [-0.2, 0) is 6.54 Å². The van der Waals surface area contributed by atoms with Crippen molar-refractivity contribution in [2.24, 2.45) is 0 Å². The number of halogens is 2. The van der Waals surface area contributed by atoms with Crippen molar-refractivity contribution < 1.29 is 9.18 Å². The molecule has 2 aromatic carbocycles. The summed E-state index contributed by atoms with van der Waals surface area (Å²) in [6.45, 7) is 0.548. The first-order valence-electron chi connectivity index (χ1n) is 5.81. The highest BCUT2D eigenvalue weighted by molar-refractivity contribution is 6.31. The Morgan fingerprint density at radius 2 is 2.00 bits per heavy atom. The quantitative estimate of drug-likeness (QED) is 0.789. The van der Waals surface area contributed by atoms with Crippen LogP contribution in [0.5, 0.6) is 0 Å². The average Bonchev–Trinajstić information content (AvgIpc) is 2.41. The zero-order valence-electron chi connectivity index (χ0n) is 10.4. The van der Waals surface area contributed by atoms with Gasteiger partial charge in [0.25, 0.3) is 0 Å². The smallest absolute Gasteiger partial charge is 0.152 e. The van der Waals surface area contributed by atoms with Crippen molar-refractivity contribution in [3.8, 4) is 0 Å². The van der Waals surface area contributed by atoms with Crippen molar-refractivity contribution in [3.05, 3.63) is 64.4 Å². The lowest BCUT2D eigenvalue weighted by atomic mass is 10.1. The van der Waals surface area contributed by atoms with Crippen LogP contribution in [0.1, 0.15) is 15.9 Å². The van der Waals surface area contributed by atoms with Crippen LogP contribution < -0.4 is 4.90 Å². The van der Waals surface area contributed by atoms with Gasteiger partial charge in [-0.3, -0.25) is 4.79 Å². The Labute approximate surface area is 116 Å². The molecule has 4 heteroatoms. The molecule has 0 N–H and O–H groups in total. The molecule has 0 aliphatic carbocycles. The molecule has 0 amide bonds. The van der Waals surface area contributed by atoms with Gasteiger partial charge in [0, 0.05) is 29.9 Å². The molecule has 0 radical (unpaired) electrons. The monoisotopic (exact) mass is 277 g/mol. The Kier molecular flexibility index (Phi) is 4.17. The van der Waals surface area contributed by atoms with Gasteiger partial charge < -0.3 is 4.90 Å². The number of benzene rings is 2. The first kappa shape index (κ1) is 13.6. The molecule has 0 atom stereocenters. The third-order valence-corrected chi connectivity index (χ3v) is 3.26. The Hall–Kier alpha value is -1.87. The number of hydrogen-bond acceptors (Lipinski definition) is 2. The summed E-state index contributed by atoms with van der Waals surface area (Å²) in [7, 11) is 1.84. The maximum atomic E-state index is 13.1. The third kappa shape index (κ3) is 3.12. The summed E-state index contributed by atoms with van der Waals surface area (Å²) in [6.07, 6.45) is 0.654. The van der Waals surface area contributed by atoms with Crippen LogP contribution in [0.15, 0.2) is 42.5 Å². The van der Waals surface area contributed by atoms with Gasteiger partial charge in [-0.05, 0) is 29.8 Å². The van der Waals surface area contributed by atoms with Crippen LogP contribution in [-0.4, -0.2) is 13.3 Å². The van der Waals surface area contributed by atoms with E-state index in [2.05, 4.69) is 0 Å². The number of nitrogens with zero attached hydrogens (tertiary/aromatic N) is 1. The normalized spacial score (nSPS) is 10.3. The second-order valence-corrected chi connectivity index (χ2v) is 4.68. The average molecular weight is 278 g/mol. The maximum absolute atomic E-state index is 13.1. The van der Waals surface area contributed by atoms with Gasteiger partial charge in [-0.25, -0.2) is 4.39 Å². The van der Waals surface area contributed by atoms with Crippen molar-refractivity contribution in [3.63, 3.8) is 0 Å². The van der Waals surface area contributed by atoms with E-state index >= 15 is 0 Å². The van der Waals surface area contributed by atoms with Crippen LogP contribution in [0.3, 0.4) is 0 Å². The van der Waals surface area contributed by atoms with Gasteiger partial charge in [-0.2, -0.15) is 0 Å². The van der Waals surface area contributed by atoms with Crippen LogP contribution in [0.25, 0.3) is 0 Å². The molecule has 2 aromatic rings. The van der Waals surface area contributed by atoms with Gasteiger partial charge in [-0.1, -0.05) is 29.8 Å². The summed E-state index contributed by atoms with van der Waals surface area (Å²) in [4.78, 5) is 12.8. The lowest BCUT2D eigenvalue weighted by Gasteiger charge is -2.21. The fourth-order valence-corrected chi connectivity index (χ4v) is 2.13. The summed E-state index contributed by atoms with van der Waals surface area (Å²) in [5.41, 5.74) is 1.96. The molecule has 0 aliphatic heterocycles. The highest BCUT2D eigenvalue weighted by Gasteiger charge is 2.10. The number of anilines is 1. The largest absolute Gasteiger partial charge is 0.370 e. The standard InChI is InChI=1S/C15H13ClFNO/c1-18(9-11-4-2-3-5-14(11)16)15-7-6-13(17)8-12(15)10-19/h2-8,10H,9H2,1H3. The molecule has 0 unspecified atom stereocenters. The summed E-state index contributed by atoms with van der Waals surface area (Å²) in [5, 5.41) is 0.670. The first-order chi connectivity index (χ1) is 9.11. The molecular formula is C15H13ClFNO. The molecule has 0 spiro atoms. The number of carbonyl (C=O) groups excluding carboxylic acids is 1. The number of aldehydes is 1. The summed E-state index contributed by atoms with van der Waals surface area (Å²) < 4.78 is 13.1. The van der Waals surface area contributed by atoms with Gasteiger partial charge in [0.15, 0.2) is 6.29 Å². The molecule has 0 saturated carbocycles. The maximum Gasteiger partial charge on any atom is 0.152 e. The summed E-state index contributed by atoms with van der Waals surface area (Å²) in [6, 6.07) is 11.7. The zero-order chi connectivity index (χ0) is 13.8. The van der Waals surface area contributed by atoms with Gasteiger partial charge in [0.1, 0.15) is 5.82 Å². The molecular weight excluding hydrogens is 265 g/mol. The van der Waals surface area contributed by atoms with Gasteiger partial charge >= 0.3 is 0 Å². The fraction of sp³-hybridized carbons (Fsp3) is 0.133. The topological polar surface area (TPSA) is 20.3 Å². The van der Waals surface area contributed by atoms with E-state index in [0.29, 0.717) is 29.1 Å². The zero-order valence-corrected chi connectivity index (χ0v) is 11.2. The number of hydrogen-bond donors (Lipinski definition) is 0. The van der Waals surface area contributed by atoms with Crippen molar-refractivity contribution in [1.82, 2.24) is 0 Å². The van der Waals surface area contributed by atoms with Crippen molar-refractivity contribution in [1.29, 1.82) is 0 Å². The van der Waals surface area contributed by atoms with E-state index in [1.54, 1.807) is 6.07 Å². The van der Waals surface area contributed by atoms with Crippen molar-refractivity contribution >= 4 is 23.6 Å². The van der Waals surface area contributed by atoms with E-state index in [4.69, 9.17) is 11.6 Å². The Bertz CT molecular complexity index is 600. The fourth-order valence-electron chi connectivity index (χ4n) is 1.93. The lowest BCUT2D eigenvalue weighted by Crippen LogP contribution is -2.18. The van der Waals surface area contributed by atoms with E-state index in [1.807, 2.05) is 36.2 Å². The Morgan fingerprint density at radius 1 is 1.26 bits per heavy atom. The molecule has 0 fully saturated rings. The SMILES string of the molecule is CN(Cc1ccccc1Cl)c1ccc(F)cc1C=O. The molecule has 2 nitrogen and oxygen atoms in total. The van der Waals surface area contributed by atoms with Crippen molar-refractivity contribution in [2.75, 3.05) is 11.9 Å². The van der Waals surface area contributed by atoms with Crippen LogP contribution in [0.4, 0.5) is 10.1 Å². The molecule has 0 bridgehead atoms. The van der Waals surface area contributed by atoms with E-state index in [1.165, 1.54) is 12.1 Å². The second-order valence-electron chi connectivity index (χ2n) is 4.27. The first-order valence-corrected chi connectivity index (χ1v) is 6.19. The summed E-state index contributed by atoms with van der Waals surface area (Å²) >= 11 is 6.10. The molecule has 2 rings (SSSR count). The minimum absolute atomic E-state index is 0.328. The minimum atomic E-state index is -0.419. The van der Waals surface area contributed by atoms with Crippen LogP contribution in [0.2, 0.25) is 5.02 Å². The summed E-state index contributed by atoms with van der Waals surface area (Å²) in [5.74, 6) is -0.419. The van der Waals surface area contributed by atoms with Gasteiger partial charge in [0.05, 0.1) is 0 Å². The van der Waals surface area contributed by atoms with E-state index in [9.17, 15) is 9.18 Å². The van der Waals surface area contributed by atoms with Gasteiger partial charge in [-0.15, -0.1) is 0 Å². The van der Waals surface area contributed by atoms with E-state index < -0.39 is 5.82 Å². The molecule has 0 saturated heterocycles. The molecule has 98 valence electrons. The highest BCUT2D eigenvalue weighted by Crippen LogP contribution is 2.23. The van der Waals surface area contributed by atoms with E-state index in [-0.39, 0.29) is 0 Å². The predicted octanol–water partition coefficient (Wildman–Crippen LogP) is 3.93. The Balaban J connectivity index is 2.28. The van der Waals surface area contributed by atoms with Gasteiger partial charge in [0.2, 0.25) is 0 Å². The molecule has 0 heterocycles. The number of carbonyl (C=O) groups is 1. The lowest BCUT2D eigenvalue weighted by molar-refractivity contribution is 0.112. The van der Waals surface area contributed by atoms with Crippen LogP contribution in [0, 0.1) is 5.82 Å².